The van der Waals surface area contributed by atoms with E-state index in [2.05, 4.69) is 24.1 Å². The molecule has 0 unspecified atom stereocenters. The summed E-state index contributed by atoms with van der Waals surface area (Å²) in [5.74, 6) is -0.483. The number of anilines is 1. The monoisotopic (exact) mass is 247 g/mol. The lowest BCUT2D eigenvalue weighted by Gasteiger charge is -2.35. The van der Waals surface area contributed by atoms with Gasteiger partial charge >= 0.3 is 0 Å². The zero-order valence-corrected chi connectivity index (χ0v) is 11.1. The van der Waals surface area contributed by atoms with Crippen LogP contribution in [0.1, 0.15) is 50.0 Å². The van der Waals surface area contributed by atoms with Gasteiger partial charge < -0.3 is 11.1 Å². The van der Waals surface area contributed by atoms with Crippen LogP contribution in [0.4, 0.5) is 5.69 Å². The summed E-state index contributed by atoms with van der Waals surface area (Å²) >= 11 is 0. The third kappa shape index (κ3) is 3.22. The van der Waals surface area contributed by atoms with Crippen LogP contribution in [0.3, 0.4) is 0 Å². The number of hydrogen-bond acceptors (Lipinski definition) is 3. The molecule has 1 aliphatic carbocycles. The van der Waals surface area contributed by atoms with Gasteiger partial charge in [-0.1, -0.05) is 13.8 Å². The van der Waals surface area contributed by atoms with Crippen molar-refractivity contribution in [3.63, 3.8) is 0 Å². The fourth-order valence-corrected chi connectivity index (χ4v) is 2.43. The Hall–Kier alpha value is -1.58. The highest BCUT2D eigenvalue weighted by atomic mass is 16.1. The summed E-state index contributed by atoms with van der Waals surface area (Å²) in [5, 5.41) is 3.47. The van der Waals surface area contributed by atoms with Crippen molar-refractivity contribution in [1.82, 2.24) is 4.98 Å². The standard InChI is InChI=1S/C14H21N3O/c1-14(2)6-3-10(4-7-14)17-11-5-8-16-12(9-11)13(15)18/h5,8-10H,3-4,6-7H2,1-2H3,(H2,15,18)(H,16,17). The molecule has 0 bridgehead atoms. The topological polar surface area (TPSA) is 68.0 Å². The van der Waals surface area contributed by atoms with E-state index in [0.717, 1.165) is 5.69 Å². The van der Waals surface area contributed by atoms with Crippen LogP contribution in [0, 0.1) is 5.41 Å². The maximum Gasteiger partial charge on any atom is 0.267 e. The normalized spacial score (nSPS) is 19.4. The summed E-state index contributed by atoms with van der Waals surface area (Å²) in [7, 11) is 0. The van der Waals surface area contributed by atoms with Gasteiger partial charge in [0.1, 0.15) is 5.69 Å². The molecule has 2 rings (SSSR count). The van der Waals surface area contributed by atoms with E-state index >= 15 is 0 Å². The largest absolute Gasteiger partial charge is 0.382 e. The lowest BCUT2D eigenvalue weighted by atomic mass is 9.75. The number of amides is 1. The molecule has 0 saturated heterocycles. The van der Waals surface area contributed by atoms with E-state index in [1.54, 1.807) is 12.3 Å². The number of hydrogen-bond donors (Lipinski definition) is 2. The fourth-order valence-electron chi connectivity index (χ4n) is 2.43. The molecule has 4 nitrogen and oxygen atoms in total. The van der Waals surface area contributed by atoms with Gasteiger partial charge in [0, 0.05) is 17.9 Å². The van der Waals surface area contributed by atoms with Crippen molar-refractivity contribution in [2.24, 2.45) is 11.1 Å². The van der Waals surface area contributed by atoms with Crippen LogP contribution < -0.4 is 11.1 Å². The summed E-state index contributed by atoms with van der Waals surface area (Å²) in [6.07, 6.45) is 6.43. The van der Waals surface area contributed by atoms with Crippen molar-refractivity contribution >= 4 is 11.6 Å². The number of nitrogens with zero attached hydrogens (tertiary/aromatic N) is 1. The summed E-state index contributed by atoms with van der Waals surface area (Å²) in [4.78, 5) is 15.0. The SMILES string of the molecule is CC1(C)CCC(Nc2ccnc(C(N)=O)c2)CC1. The molecule has 0 spiro atoms. The first-order valence-corrected chi connectivity index (χ1v) is 6.49. The fraction of sp³-hybridized carbons (Fsp3) is 0.571. The number of rotatable bonds is 3. The van der Waals surface area contributed by atoms with Crippen molar-refractivity contribution in [2.45, 2.75) is 45.6 Å². The molecule has 1 aromatic rings. The molecule has 1 fully saturated rings. The second kappa shape index (κ2) is 4.96. The molecular formula is C14H21N3O. The summed E-state index contributed by atoms with van der Waals surface area (Å²) in [6.45, 7) is 4.64. The molecule has 0 aromatic carbocycles. The Bertz CT molecular complexity index is 432. The zero-order chi connectivity index (χ0) is 13.2. The third-order valence-corrected chi connectivity index (χ3v) is 3.72. The first-order chi connectivity index (χ1) is 8.46. The minimum Gasteiger partial charge on any atom is -0.382 e. The lowest BCUT2D eigenvalue weighted by molar-refractivity contribution is 0.0995. The minimum absolute atomic E-state index is 0.316. The van der Waals surface area contributed by atoms with Gasteiger partial charge in [-0.05, 0) is 43.2 Å². The smallest absolute Gasteiger partial charge is 0.267 e. The second-order valence-corrected chi connectivity index (χ2v) is 5.88. The highest BCUT2D eigenvalue weighted by molar-refractivity contribution is 5.91. The molecule has 98 valence electrons. The molecule has 0 atom stereocenters. The molecule has 4 heteroatoms. The summed E-state index contributed by atoms with van der Waals surface area (Å²) < 4.78 is 0. The van der Waals surface area contributed by atoms with E-state index in [1.165, 1.54) is 25.7 Å². The Balaban J connectivity index is 1.98. The van der Waals surface area contributed by atoms with Crippen LogP contribution in [0.15, 0.2) is 18.3 Å². The Kier molecular flexibility index (Phi) is 3.55. The van der Waals surface area contributed by atoms with Gasteiger partial charge in [-0.2, -0.15) is 0 Å². The predicted octanol–water partition coefficient (Wildman–Crippen LogP) is 2.56. The average Bonchev–Trinajstić information content (AvgIpc) is 2.32. The number of pyridine rings is 1. The molecule has 0 aliphatic heterocycles. The summed E-state index contributed by atoms with van der Waals surface area (Å²) in [6, 6.07) is 4.09. The number of nitrogens with two attached hydrogens (primary N) is 1. The van der Waals surface area contributed by atoms with Crippen molar-refractivity contribution in [3.8, 4) is 0 Å². The zero-order valence-electron chi connectivity index (χ0n) is 11.1. The van der Waals surface area contributed by atoms with E-state index in [4.69, 9.17) is 5.73 Å². The first kappa shape index (κ1) is 12.9. The van der Waals surface area contributed by atoms with Gasteiger partial charge in [-0.15, -0.1) is 0 Å². The summed E-state index contributed by atoms with van der Waals surface area (Å²) in [5.41, 5.74) is 6.94. The number of nitrogens with one attached hydrogen (secondary N) is 1. The predicted molar refractivity (Wildman–Crippen MR) is 72.4 cm³/mol. The van der Waals surface area contributed by atoms with Crippen LogP contribution in [-0.2, 0) is 0 Å². The number of aromatic nitrogens is 1. The minimum atomic E-state index is -0.483. The Morgan fingerprint density at radius 2 is 2.11 bits per heavy atom. The lowest BCUT2D eigenvalue weighted by Crippen LogP contribution is -2.30. The highest BCUT2D eigenvalue weighted by Crippen LogP contribution is 2.36. The molecule has 3 N–H and O–H groups in total. The molecule has 1 aliphatic rings. The quantitative estimate of drug-likeness (QED) is 0.862. The molecule has 1 saturated carbocycles. The maximum absolute atomic E-state index is 11.1. The van der Waals surface area contributed by atoms with Gasteiger partial charge in [-0.3, -0.25) is 9.78 Å². The van der Waals surface area contributed by atoms with Crippen molar-refractivity contribution in [1.29, 1.82) is 0 Å². The number of carbonyl (C=O) groups excluding carboxylic acids is 1. The van der Waals surface area contributed by atoms with Crippen LogP contribution in [0.25, 0.3) is 0 Å². The van der Waals surface area contributed by atoms with Crippen LogP contribution >= 0.6 is 0 Å². The van der Waals surface area contributed by atoms with Crippen molar-refractivity contribution < 1.29 is 4.79 Å². The van der Waals surface area contributed by atoms with Gasteiger partial charge in [0.05, 0.1) is 0 Å². The third-order valence-electron chi connectivity index (χ3n) is 3.72. The molecule has 18 heavy (non-hydrogen) atoms. The van der Waals surface area contributed by atoms with E-state index in [-0.39, 0.29) is 0 Å². The van der Waals surface area contributed by atoms with Gasteiger partial charge in [0.2, 0.25) is 0 Å². The number of primary amides is 1. The van der Waals surface area contributed by atoms with Gasteiger partial charge in [0.25, 0.3) is 5.91 Å². The molecule has 1 heterocycles. The van der Waals surface area contributed by atoms with Crippen molar-refractivity contribution in [3.05, 3.63) is 24.0 Å². The maximum atomic E-state index is 11.1. The van der Waals surface area contributed by atoms with Gasteiger partial charge in [-0.25, -0.2) is 0 Å². The van der Waals surface area contributed by atoms with Crippen molar-refractivity contribution in [2.75, 3.05) is 5.32 Å². The Morgan fingerprint density at radius 1 is 1.44 bits per heavy atom. The Labute approximate surface area is 108 Å². The average molecular weight is 247 g/mol. The van der Waals surface area contributed by atoms with Gasteiger partial charge in [0.15, 0.2) is 0 Å². The van der Waals surface area contributed by atoms with E-state index in [1.807, 2.05) is 6.07 Å². The molecule has 0 radical (unpaired) electrons. The highest BCUT2D eigenvalue weighted by Gasteiger charge is 2.26. The van der Waals surface area contributed by atoms with Crippen LogP contribution in [-0.4, -0.2) is 16.9 Å². The second-order valence-electron chi connectivity index (χ2n) is 5.88. The Morgan fingerprint density at radius 3 is 2.72 bits per heavy atom. The molecule has 1 aromatic heterocycles. The van der Waals surface area contributed by atoms with E-state index < -0.39 is 5.91 Å². The van der Waals surface area contributed by atoms with Crippen LogP contribution in [0.2, 0.25) is 0 Å². The molecule has 1 amide bonds. The van der Waals surface area contributed by atoms with E-state index in [9.17, 15) is 4.79 Å². The molecular weight excluding hydrogens is 226 g/mol. The van der Waals surface area contributed by atoms with Crippen LogP contribution in [0.5, 0.6) is 0 Å². The van der Waals surface area contributed by atoms with E-state index in [0.29, 0.717) is 17.2 Å². The first-order valence-electron chi connectivity index (χ1n) is 6.49. The number of carbonyl (C=O) groups is 1.